The van der Waals surface area contributed by atoms with Crippen LogP contribution in [0.15, 0.2) is 12.7 Å². The second-order valence-electron chi connectivity index (χ2n) is 2.45. The number of hydrogen-bond donors (Lipinski definition) is 0. The first-order valence-corrected chi connectivity index (χ1v) is 5.56. The summed E-state index contributed by atoms with van der Waals surface area (Å²) in [5.41, 5.74) is 0. The molecular weight excluding hydrogens is 168 g/mol. The van der Waals surface area contributed by atoms with Crippen LogP contribution in [0.25, 0.3) is 0 Å². The summed E-state index contributed by atoms with van der Waals surface area (Å²) in [5, 5.41) is 0. The van der Waals surface area contributed by atoms with E-state index in [1.165, 1.54) is 6.42 Å². The van der Waals surface area contributed by atoms with Crippen LogP contribution >= 0.6 is 0 Å². The van der Waals surface area contributed by atoms with Crippen molar-refractivity contribution >= 4 is 9.76 Å². The third-order valence-corrected chi connectivity index (χ3v) is 2.17. The molecule has 2 nitrogen and oxygen atoms in total. The molecule has 0 spiro atoms. The van der Waals surface area contributed by atoms with Crippen LogP contribution in [0, 0.1) is 0 Å². The molecule has 0 unspecified atom stereocenters. The topological polar surface area (TPSA) is 18.5 Å². The molecule has 0 aliphatic heterocycles. The van der Waals surface area contributed by atoms with Gasteiger partial charge in [0.15, 0.2) is 0 Å². The van der Waals surface area contributed by atoms with Gasteiger partial charge in [-0.1, -0.05) is 19.4 Å². The van der Waals surface area contributed by atoms with Gasteiger partial charge in [0, 0.05) is 6.61 Å². The SMILES string of the molecule is C=CC[Si]OCCOCCCC. The minimum atomic E-state index is 0.546. The average Bonchev–Trinajstić information content (AvgIpc) is 2.10. The maximum absolute atomic E-state index is 5.31. The van der Waals surface area contributed by atoms with E-state index in [1.807, 2.05) is 6.08 Å². The Morgan fingerprint density at radius 2 is 2.17 bits per heavy atom. The number of allylic oxidation sites excluding steroid dienone is 1. The van der Waals surface area contributed by atoms with E-state index < -0.39 is 0 Å². The molecule has 2 radical (unpaired) electrons. The Morgan fingerprint density at radius 1 is 1.33 bits per heavy atom. The molecule has 0 fully saturated rings. The van der Waals surface area contributed by atoms with E-state index in [0.717, 1.165) is 32.3 Å². The van der Waals surface area contributed by atoms with Gasteiger partial charge in [-0.15, -0.1) is 6.58 Å². The van der Waals surface area contributed by atoms with Gasteiger partial charge in [0.2, 0.25) is 9.76 Å². The van der Waals surface area contributed by atoms with Crippen molar-refractivity contribution in [3.63, 3.8) is 0 Å². The van der Waals surface area contributed by atoms with Gasteiger partial charge in [0.05, 0.1) is 13.2 Å². The van der Waals surface area contributed by atoms with E-state index >= 15 is 0 Å². The Hall–Kier alpha value is -0.123. The van der Waals surface area contributed by atoms with Crippen molar-refractivity contribution in [3.8, 4) is 0 Å². The third kappa shape index (κ3) is 9.88. The van der Waals surface area contributed by atoms with Crippen LogP contribution in [0.5, 0.6) is 0 Å². The van der Waals surface area contributed by atoms with Gasteiger partial charge in [-0.3, -0.25) is 0 Å². The summed E-state index contributed by atoms with van der Waals surface area (Å²) in [4.78, 5) is 0. The van der Waals surface area contributed by atoms with Gasteiger partial charge < -0.3 is 9.16 Å². The zero-order chi connectivity index (χ0) is 9.07. The average molecular weight is 186 g/mol. The first-order valence-electron chi connectivity index (χ1n) is 4.45. The van der Waals surface area contributed by atoms with Crippen molar-refractivity contribution in [2.75, 3.05) is 19.8 Å². The predicted octanol–water partition coefficient (Wildman–Crippen LogP) is 2.04. The Kier molecular flexibility index (Phi) is 10.8. The van der Waals surface area contributed by atoms with Crippen molar-refractivity contribution in [3.05, 3.63) is 12.7 Å². The summed E-state index contributed by atoms with van der Waals surface area (Å²) >= 11 is 0. The number of unbranched alkanes of at least 4 members (excludes halogenated alkanes) is 1. The van der Waals surface area contributed by atoms with E-state index in [4.69, 9.17) is 9.16 Å². The number of ether oxygens (including phenoxy) is 1. The van der Waals surface area contributed by atoms with Crippen LogP contribution in [-0.4, -0.2) is 29.6 Å². The molecule has 0 rings (SSSR count). The van der Waals surface area contributed by atoms with Crippen LogP contribution in [0.1, 0.15) is 19.8 Å². The van der Waals surface area contributed by atoms with Crippen LogP contribution in [0.2, 0.25) is 6.04 Å². The van der Waals surface area contributed by atoms with Crippen molar-refractivity contribution < 1.29 is 9.16 Å². The molecule has 0 aromatic rings. The molecule has 0 aromatic heterocycles. The van der Waals surface area contributed by atoms with Gasteiger partial charge in [-0.25, -0.2) is 0 Å². The van der Waals surface area contributed by atoms with Crippen LogP contribution < -0.4 is 0 Å². The largest absolute Gasteiger partial charge is 0.415 e. The molecule has 0 bridgehead atoms. The van der Waals surface area contributed by atoms with Crippen molar-refractivity contribution in [1.29, 1.82) is 0 Å². The lowest BCUT2D eigenvalue weighted by Gasteiger charge is -2.02. The van der Waals surface area contributed by atoms with Crippen LogP contribution in [-0.2, 0) is 9.16 Å². The summed E-state index contributed by atoms with van der Waals surface area (Å²) < 4.78 is 10.6. The molecule has 12 heavy (non-hydrogen) atoms. The van der Waals surface area contributed by atoms with Crippen molar-refractivity contribution in [2.45, 2.75) is 25.8 Å². The molecule has 3 heteroatoms. The monoisotopic (exact) mass is 186 g/mol. The fraction of sp³-hybridized carbons (Fsp3) is 0.778. The Morgan fingerprint density at radius 3 is 2.83 bits per heavy atom. The van der Waals surface area contributed by atoms with Crippen LogP contribution in [0.4, 0.5) is 0 Å². The van der Waals surface area contributed by atoms with E-state index in [1.54, 1.807) is 0 Å². The zero-order valence-electron chi connectivity index (χ0n) is 7.84. The molecular formula is C9H18O2Si. The number of hydrogen-bond acceptors (Lipinski definition) is 2. The molecule has 0 saturated heterocycles. The van der Waals surface area contributed by atoms with Gasteiger partial charge in [-0.2, -0.15) is 0 Å². The molecule has 0 atom stereocenters. The maximum Gasteiger partial charge on any atom is 0.233 e. The predicted molar refractivity (Wildman–Crippen MR) is 52.4 cm³/mol. The molecule has 0 saturated carbocycles. The van der Waals surface area contributed by atoms with Crippen molar-refractivity contribution in [2.24, 2.45) is 0 Å². The highest BCUT2D eigenvalue weighted by molar-refractivity contribution is 6.27. The molecule has 0 aromatic carbocycles. The molecule has 0 N–H and O–H groups in total. The normalized spacial score (nSPS) is 10.1. The fourth-order valence-electron chi connectivity index (χ4n) is 0.639. The summed E-state index contributed by atoms with van der Waals surface area (Å²) in [6.45, 7) is 8.08. The number of rotatable bonds is 9. The van der Waals surface area contributed by atoms with E-state index in [9.17, 15) is 0 Å². The molecule has 0 aliphatic carbocycles. The maximum atomic E-state index is 5.31. The Balaban J connectivity index is 2.77. The zero-order valence-corrected chi connectivity index (χ0v) is 8.84. The van der Waals surface area contributed by atoms with E-state index in [-0.39, 0.29) is 0 Å². The molecule has 70 valence electrons. The van der Waals surface area contributed by atoms with Gasteiger partial charge in [0.1, 0.15) is 0 Å². The second-order valence-corrected chi connectivity index (χ2v) is 3.44. The minimum Gasteiger partial charge on any atom is -0.415 e. The van der Waals surface area contributed by atoms with Crippen molar-refractivity contribution in [1.82, 2.24) is 0 Å². The Bertz CT molecular complexity index is 96.5. The summed E-state index contributed by atoms with van der Waals surface area (Å²) in [5.74, 6) is 0. The minimum absolute atomic E-state index is 0.546. The lowest BCUT2D eigenvalue weighted by molar-refractivity contribution is 0.0995. The van der Waals surface area contributed by atoms with E-state index in [0.29, 0.717) is 9.76 Å². The van der Waals surface area contributed by atoms with Gasteiger partial charge >= 0.3 is 0 Å². The lowest BCUT2D eigenvalue weighted by Crippen LogP contribution is -2.07. The molecule has 0 amide bonds. The highest BCUT2D eigenvalue weighted by Gasteiger charge is 1.89. The van der Waals surface area contributed by atoms with Gasteiger partial charge in [-0.05, 0) is 12.5 Å². The standard InChI is InChI=1S/C9H18O2Si/c1-3-5-6-10-7-8-11-12-9-4-2/h4H,2-3,5-9H2,1H3. The molecule has 0 heterocycles. The fourth-order valence-corrected chi connectivity index (χ4v) is 1.10. The summed E-state index contributed by atoms with van der Waals surface area (Å²) in [6.07, 6.45) is 4.21. The first-order chi connectivity index (χ1) is 5.91. The smallest absolute Gasteiger partial charge is 0.233 e. The lowest BCUT2D eigenvalue weighted by atomic mass is 10.4. The quantitative estimate of drug-likeness (QED) is 0.312. The second kappa shape index (κ2) is 10.9. The summed E-state index contributed by atoms with van der Waals surface area (Å²) in [7, 11) is 0.546. The molecule has 0 aliphatic rings. The Labute approximate surface area is 77.9 Å². The van der Waals surface area contributed by atoms with E-state index in [2.05, 4.69) is 13.5 Å². The highest BCUT2D eigenvalue weighted by Crippen LogP contribution is 1.88. The van der Waals surface area contributed by atoms with Crippen LogP contribution in [0.3, 0.4) is 0 Å². The first kappa shape index (κ1) is 11.9. The summed E-state index contributed by atoms with van der Waals surface area (Å²) in [6, 6.07) is 0.953. The highest BCUT2D eigenvalue weighted by atomic mass is 28.2. The van der Waals surface area contributed by atoms with Gasteiger partial charge in [0.25, 0.3) is 0 Å². The third-order valence-electron chi connectivity index (χ3n) is 1.30.